The molecule has 0 atom stereocenters. The third-order valence-corrected chi connectivity index (χ3v) is 1.50. The van der Waals surface area contributed by atoms with Gasteiger partial charge in [-0.3, -0.25) is 0 Å². The molecule has 2 heterocycles. The fraction of sp³-hybridized carbons (Fsp3) is 0.455. The molecule has 0 amide bonds. The van der Waals surface area contributed by atoms with Crippen LogP contribution in [0.4, 0.5) is 0 Å². The molecule has 0 bridgehead atoms. The lowest BCUT2D eigenvalue weighted by molar-refractivity contribution is 0.947. The van der Waals surface area contributed by atoms with Crippen molar-refractivity contribution in [3.63, 3.8) is 0 Å². The SMILES string of the molecule is CC.CC.Cn1cnc2ncccc21. The smallest absolute Gasteiger partial charge is 0.177 e. The van der Waals surface area contributed by atoms with Crippen molar-refractivity contribution < 1.29 is 0 Å². The topological polar surface area (TPSA) is 30.7 Å². The van der Waals surface area contributed by atoms with Gasteiger partial charge in [-0.05, 0) is 12.1 Å². The number of pyridine rings is 1. The van der Waals surface area contributed by atoms with Crippen molar-refractivity contribution in [2.75, 3.05) is 0 Å². The van der Waals surface area contributed by atoms with Crippen LogP contribution in [0.25, 0.3) is 11.2 Å². The molecule has 0 aromatic carbocycles. The molecule has 0 aliphatic rings. The van der Waals surface area contributed by atoms with Crippen LogP contribution in [-0.4, -0.2) is 14.5 Å². The largest absolute Gasteiger partial charge is 0.332 e. The van der Waals surface area contributed by atoms with Crippen molar-refractivity contribution in [3.8, 4) is 0 Å². The molecule has 3 nitrogen and oxygen atoms in total. The number of rotatable bonds is 0. The molecule has 0 aliphatic heterocycles. The number of hydrogen-bond acceptors (Lipinski definition) is 2. The Morgan fingerprint density at radius 1 is 1.07 bits per heavy atom. The number of imidazole rings is 1. The highest BCUT2D eigenvalue weighted by Gasteiger charge is 1.95. The number of aromatic nitrogens is 3. The summed E-state index contributed by atoms with van der Waals surface area (Å²) in [6.07, 6.45) is 3.51. The van der Waals surface area contributed by atoms with E-state index in [-0.39, 0.29) is 0 Å². The highest BCUT2D eigenvalue weighted by Crippen LogP contribution is 2.05. The second-order valence-corrected chi connectivity index (χ2v) is 2.20. The number of hydrogen-bond donors (Lipinski definition) is 0. The second kappa shape index (κ2) is 7.06. The van der Waals surface area contributed by atoms with Crippen molar-refractivity contribution in [2.24, 2.45) is 7.05 Å². The van der Waals surface area contributed by atoms with E-state index in [9.17, 15) is 0 Å². The lowest BCUT2D eigenvalue weighted by Gasteiger charge is -1.89. The molecule has 3 heteroatoms. The molecule has 0 fully saturated rings. The van der Waals surface area contributed by atoms with E-state index < -0.39 is 0 Å². The van der Waals surface area contributed by atoms with Gasteiger partial charge in [0.05, 0.1) is 11.8 Å². The van der Waals surface area contributed by atoms with Gasteiger partial charge in [0.15, 0.2) is 5.65 Å². The summed E-state index contributed by atoms with van der Waals surface area (Å²) in [7, 11) is 1.96. The molecule has 78 valence electrons. The molecule has 2 aromatic rings. The van der Waals surface area contributed by atoms with Crippen molar-refractivity contribution in [3.05, 3.63) is 24.7 Å². The normalized spacial score (nSPS) is 8.36. The summed E-state index contributed by atoms with van der Waals surface area (Å²) in [4.78, 5) is 8.14. The van der Waals surface area contributed by atoms with E-state index in [1.54, 1.807) is 12.5 Å². The molecule has 0 saturated carbocycles. The zero-order valence-electron chi connectivity index (χ0n) is 9.65. The molecular formula is C11H19N3. The van der Waals surface area contributed by atoms with Crippen molar-refractivity contribution in [2.45, 2.75) is 27.7 Å². The van der Waals surface area contributed by atoms with Gasteiger partial charge in [-0.25, -0.2) is 9.97 Å². The Kier molecular flexibility index (Phi) is 6.37. The highest BCUT2D eigenvalue weighted by atomic mass is 15.0. The van der Waals surface area contributed by atoms with E-state index in [0.717, 1.165) is 11.2 Å². The Morgan fingerprint density at radius 2 is 1.71 bits per heavy atom. The van der Waals surface area contributed by atoms with Crippen LogP contribution in [0.3, 0.4) is 0 Å². The molecule has 0 N–H and O–H groups in total. The first-order valence-corrected chi connectivity index (χ1v) is 5.10. The van der Waals surface area contributed by atoms with Gasteiger partial charge in [0, 0.05) is 13.2 Å². The Bertz CT molecular complexity index is 352. The van der Waals surface area contributed by atoms with Crippen molar-refractivity contribution in [1.29, 1.82) is 0 Å². The monoisotopic (exact) mass is 193 g/mol. The van der Waals surface area contributed by atoms with Crippen LogP contribution in [0.1, 0.15) is 27.7 Å². The van der Waals surface area contributed by atoms with Crippen LogP contribution in [0, 0.1) is 0 Å². The fourth-order valence-electron chi connectivity index (χ4n) is 0.967. The van der Waals surface area contributed by atoms with Gasteiger partial charge in [-0.15, -0.1) is 0 Å². The van der Waals surface area contributed by atoms with E-state index in [2.05, 4.69) is 9.97 Å². The van der Waals surface area contributed by atoms with Gasteiger partial charge >= 0.3 is 0 Å². The minimum Gasteiger partial charge on any atom is -0.332 e. The first-order chi connectivity index (χ1) is 6.88. The average Bonchev–Trinajstić information content (AvgIpc) is 2.67. The lowest BCUT2D eigenvalue weighted by Crippen LogP contribution is -1.82. The summed E-state index contributed by atoms with van der Waals surface area (Å²) in [5.41, 5.74) is 1.88. The van der Waals surface area contributed by atoms with Crippen molar-refractivity contribution in [1.82, 2.24) is 14.5 Å². The summed E-state index contributed by atoms with van der Waals surface area (Å²) in [5, 5.41) is 0. The zero-order valence-corrected chi connectivity index (χ0v) is 9.65. The second-order valence-electron chi connectivity index (χ2n) is 2.20. The van der Waals surface area contributed by atoms with Gasteiger partial charge < -0.3 is 4.57 Å². The van der Waals surface area contributed by atoms with Gasteiger partial charge in [0.2, 0.25) is 0 Å². The lowest BCUT2D eigenvalue weighted by atomic mass is 10.4. The molecule has 0 aliphatic carbocycles. The first-order valence-electron chi connectivity index (χ1n) is 5.10. The van der Waals surface area contributed by atoms with E-state index in [0.29, 0.717) is 0 Å². The summed E-state index contributed by atoms with van der Waals surface area (Å²) < 4.78 is 1.95. The number of fused-ring (bicyclic) bond motifs is 1. The van der Waals surface area contributed by atoms with Crippen LogP contribution in [-0.2, 0) is 7.05 Å². The average molecular weight is 193 g/mol. The van der Waals surface area contributed by atoms with Crippen LogP contribution >= 0.6 is 0 Å². The molecule has 0 saturated heterocycles. The van der Waals surface area contributed by atoms with Gasteiger partial charge in [-0.1, -0.05) is 27.7 Å². The quantitative estimate of drug-likeness (QED) is 0.644. The van der Waals surface area contributed by atoms with Gasteiger partial charge in [-0.2, -0.15) is 0 Å². The summed E-state index contributed by atoms with van der Waals surface area (Å²) >= 11 is 0. The van der Waals surface area contributed by atoms with Crippen LogP contribution in [0.5, 0.6) is 0 Å². The maximum atomic E-state index is 4.07. The van der Waals surface area contributed by atoms with Crippen LogP contribution < -0.4 is 0 Å². The molecule has 0 spiro atoms. The summed E-state index contributed by atoms with van der Waals surface area (Å²) in [6, 6.07) is 3.90. The first kappa shape index (κ1) is 12.6. The standard InChI is InChI=1S/C7H7N3.2C2H6/c1-10-5-9-7-6(10)3-2-4-8-7;2*1-2/h2-5H,1H3;2*1-2H3. The Labute approximate surface area is 85.8 Å². The molecule has 14 heavy (non-hydrogen) atoms. The summed E-state index contributed by atoms with van der Waals surface area (Å²) in [5.74, 6) is 0. The number of aryl methyl sites for hydroxylation is 1. The van der Waals surface area contributed by atoms with Crippen LogP contribution in [0.2, 0.25) is 0 Å². The maximum Gasteiger partial charge on any atom is 0.177 e. The van der Waals surface area contributed by atoms with E-state index in [1.807, 2.05) is 51.4 Å². The summed E-state index contributed by atoms with van der Waals surface area (Å²) in [6.45, 7) is 8.00. The van der Waals surface area contributed by atoms with Gasteiger partial charge in [0.1, 0.15) is 0 Å². The highest BCUT2D eigenvalue weighted by molar-refractivity contribution is 5.69. The molecule has 0 unspecified atom stereocenters. The van der Waals surface area contributed by atoms with E-state index >= 15 is 0 Å². The number of nitrogens with zero attached hydrogens (tertiary/aromatic N) is 3. The third-order valence-electron chi connectivity index (χ3n) is 1.50. The molecular weight excluding hydrogens is 174 g/mol. The molecule has 0 radical (unpaired) electrons. The predicted octanol–water partition coefficient (Wildman–Crippen LogP) is 3.02. The maximum absolute atomic E-state index is 4.07. The van der Waals surface area contributed by atoms with Crippen molar-refractivity contribution >= 4 is 11.2 Å². The van der Waals surface area contributed by atoms with E-state index in [1.165, 1.54) is 0 Å². The van der Waals surface area contributed by atoms with E-state index in [4.69, 9.17) is 0 Å². The molecule has 2 rings (SSSR count). The fourth-order valence-corrected chi connectivity index (χ4v) is 0.967. The Hall–Kier alpha value is -1.38. The zero-order chi connectivity index (χ0) is 11.0. The minimum absolute atomic E-state index is 0.810. The van der Waals surface area contributed by atoms with Gasteiger partial charge in [0.25, 0.3) is 0 Å². The molecule has 2 aromatic heterocycles. The predicted molar refractivity (Wildman–Crippen MR) is 61.2 cm³/mol. The van der Waals surface area contributed by atoms with Crippen LogP contribution in [0.15, 0.2) is 24.7 Å². The minimum atomic E-state index is 0.810. The Morgan fingerprint density at radius 3 is 2.29 bits per heavy atom. The Balaban J connectivity index is 0.000000379. The third kappa shape index (κ3) is 2.83.